The van der Waals surface area contributed by atoms with Crippen molar-refractivity contribution >= 4 is 62.1 Å². The standard InChI is InChI=1S/C18H16Cl4N2O3S/c1-27-17-8-11(5-6-13(17)20)16-4-2-3-7-24(23-16)28(25,26)18-14(21)9-12(19)10-15(18)22/h5-6,8-10H,2-4,7H2,1H3. The summed E-state index contributed by atoms with van der Waals surface area (Å²) >= 11 is 24.3. The van der Waals surface area contributed by atoms with Crippen LogP contribution in [0, 0.1) is 0 Å². The summed E-state index contributed by atoms with van der Waals surface area (Å²) in [6.45, 7) is 0.214. The van der Waals surface area contributed by atoms with E-state index in [0.29, 0.717) is 29.3 Å². The molecule has 0 saturated carbocycles. The number of ether oxygens (including phenoxy) is 1. The van der Waals surface area contributed by atoms with Crippen LogP contribution in [0.3, 0.4) is 0 Å². The third-order valence-corrected chi connectivity index (χ3v) is 7.35. The normalized spacial score (nSPS) is 15.2. The molecular formula is C18H16Cl4N2O3S. The molecule has 0 amide bonds. The van der Waals surface area contributed by atoms with Crippen molar-refractivity contribution in [1.82, 2.24) is 4.41 Å². The van der Waals surface area contributed by atoms with Crippen molar-refractivity contribution in [2.45, 2.75) is 24.2 Å². The van der Waals surface area contributed by atoms with Crippen molar-refractivity contribution in [3.05, 3.63) is 56.0 Å². The number of rotatable bonds is 4. The largest absolute Gasteiger partial charge is 0.495 e. The average Bonchev–Trinajstić information content (AvgIpc) is 2.88. The van der Waals surface area contributed by atoms with Crippen LogP contribution >= 0.6 is 46.4 Å². The summed E-state index contributed by atoms with van der Waals surface area (Å²) in [5.41, 5.74) is 1.34. The van der Waals surface area contributed by atoms with Crippen LogP contribution in [-0.4, -0.2) is 32.2 Å². The molecule has 10 heteroatoms. The Morgan fingerprint density at radius 2 is 1.68 bits per heavy atom. The monoisotopic (exact) mass is 480 g/mol. The molecule has 1 heterocycles. The maximum Gasteiger partial charge on any atom is 0.281 e. The SMILES string of the molecule is COc1cc(C2=NN(S(=O)(=O)c3c(Cl)cc(Cl)cc3Cl)CCCC2)ccc1Cl. The van der Waals surface area contributed by atoms with Crippen molar-refractivity contribution in [2.24, 2.45) is 5.10 Å². The van der Waals surface area contributed by atoms with Gasteiger partial charge in [-0.15, -0.1) is 0 Å². The fourth-order valence-electron chi connectivity index (χ4n) is 2.87. The van der Waals surface area contributed by atoms with Gasteiger partial charge in [0.05, 0.1) is 34.4 Å². The van der Waals surface area contributed by atoms with E-state index in [0.717, 1.165) is 16.4 Å². The molecular weight excluding hydrogens is 466 g/mol. The zero-order valence-electron chi connectivity index (χ0n) is 14.8. The molecule has 3 rings (SSSR count). The van der Waals surface area contributed by atoms with Crippen LogP contribution in [0.5, 0.6) is 5.75 Å². The van der Waals surface area contributed by atoms with Crippen LogP contribution in [-0.2, 0) is 10.0 Å². The molecule has 0 bridgehead atoms. The summed E-state index contributed by atoms with van der Waals surface area (Å²) in [6.07, 6.45) is 2.02. The van der Waals surface area contributed by atoms with E-state index >= 15 is 0 Å². The minimum absolute atomic E-state index is 0.0494. The summed E-state index contributed by atoms with van der Waals surface area (Å²) < 4.78 is 32.7. The first-order chi connectivity index (χ1) is 13.2. The summed E-state index contributed by atoms with van der Waals surface area (Å²) in [5.74, 6) is 0.490. The molecule has 0 spiro atoms. The quantitative estimate of drug-likeness (QED) is 0.547. The van der Waals surface area contributed by atoms with E-state index in [1.807, 2.05) is 0 Å². The Hall–Kier alpha value is -1.18. The number of hydrogen-bond donors (Lipinski definition) is 0. The first-order valence-corrected chi connectivity index (χ1v) is 11.3. The van der Waals surface area contributed by atoms with Gasteiger partial charge < -0.3 is 4.74 Å². The summed E-state index contributed by atoms with van der Waals surface area (Å²) in [5, 5.41) is 5.03. The van der Waals surface area contributed by atoms with Crippen LogP contribution in [0.4, 0.5) is 0 Å². The number of methoxy groups -OCH3 is 1. The molecule has 1 aliphatic rings. The predicted octanol–water partition coefficient (Wildman–Crippen LogP) is 5.89. The van der Waals surface area contributed by atoms with Gasteiger partial charge in [0.25, 0.3) is 10.0 Å². The van der Waals surface area contributed by atoms with E-state index in [1.165, 1.54) is 19.2 Å². The van der Waals surface area contributed by atoms with Crippen molar-refractivity contribution < 1.29 is 13.2 Å². The van der Waals surface area contributed by atoms with Crippen molar-refractivity contribution in [3.63, 3.8) is 0 Å². The second-order valence-electron chi connectivity index (χ2n) is 6.10. The molecule has 2 aromatic carbocycles. The number of hydrazone groups is 1. The van der Waals surface area contributed by atoms with Crippen LogP contribution in [0.15, 0.2) is 40.3 Å². The molecule has 0 radical (unpaired) electrons. The van der Waals surface area contributed by atoms with Gasteiger partial charge in [-0.3, -0.25) is 0 Å². The second kappa shape index (κ2) is 8.67. The Bertz CT molecular complexity index is 1020. The number of halogens is 4. The lowest BCUT2D eigenvalue weighted by Crippen LogP contribution is -2.28. The molecule has 5 nitrogen and oxygen atoms in total. The van der Waals surface area contributed by atoms with E-state index in [2.05, 4.69) is 5.10 Å². The van der Waals surface area contributed by atoms with E-state index < -0.39 is 10.0 Å². The Labute approximate surface area is 183 Å². The minimum atomic E-state index is -4.06. The highest BCUT2D eigenvalue weighted by atomic mass is 35.5. The third kappa shape index (κ3) is 4.36. The van der Waals surface area contributed by atoms with Gasteiger partial charge in [-0.2, -0.15) is 17.9 Å². The Kier molecular flexibility index (Phi) is 6.67. The topological polar surface area (TPSA) is 59.0 Å². The van der Waals surface area contributed by atoms with Gasteiger partial charge in [-0.25, -0.2) is 0 Å². The first kappa shape index (κ1) is 21.5. The summed E-state index contributed by atoms with van der Waals surface area (Å²) in [4.78, 5) is -0.209. The van der Waals surface area contributed by atoms with E-state index in [-0.39, 0.29) is 26.5 Å². The van der Waals surface area contributed by atoms with Crippen LogP contribution in [0.1, 0.15) is 24.8 Å². The average molecular weight is 482 g/mol. The maximum atomic E-state index is 13.2. The second-order valence-corrected chi connectivity index (χ2v) is 9.54. The highest BCUT2D eigenvalue weighted by Crippen LogP contribution is 2.35. The van der Waals surface area contributed by atoms with Gasteiger partial charge in [0.2, 0.25) is 0 Å². The summed E-state index contributed by atoms with van der Waals surface area (Å²) in [6, 6.07) is 7.89. The highest BCUT2D eigenvalue weighted by Gasteiger charge is 2.30. The lowest BCUT2D eigenvalue weighted by Gasteiger charge is -2.20. The fraction of sp³-hybridized carbons (Fsp3) is 0.278. The minimum Gasteiger partial charge on any atom is -0.495 e. The smallest absolute Gasteiger partial charge is 0.281 e. The maximum absolute atomic E-state index is 13.2. The Morgan fingerprint density at radius 1 is 1.00 bits per heavy atom. The fourth-order valence-corrected chi connectivity index (χ4v) is 5.86. The predicted molar refractivity (Wildman–Crippen MR) is 114 cm³/mol. The van der Waals surface area contributed by atoms with Gasteiger partial charge in [0.15, 0.2) is 0 Å². The Balaban J connectivity index is 2.07. The third-order valence-electron chi connectivity index (χ3n) is 4.23. The van der Waals surface area contributed by atoms with Crippen LogP contribution in [0.25, 0.3) is 0 Å². The van der Waals surface area contributed by atoms with Crippen molar-refractivity contribution in [1.29, 1.82) is 0 Å². The molecule has 0 N–H and O–H groups in total. The van der Waals surface area contributed by atoms with Gasteiger partial charge in [-0.1, -0.05) is 52.5 Å². The molecule has 0 fully saturated rings. The van der Waals surface area contributed by atoms with Gasteiger partial charge in [0, 0.05) is 10.6 Å². The lowest BCUT2D eigenvalue weighted by molar-refractivity contribution is 0.415. The first-order valence-electron chi connectivity index (χ1n) is 8.32. The zero-order chi connectivity index (χ0) is 20.5. The molecule has 28 heavy (non-hydrogen) atoms. The van der Waals surface area contributed by atoms with Gasteiger partial charge in [-0.05, 0) is 43.5 Å². The zero-order valence-corrected chi connectivity index (χ0v) is 18.6. The van der Waals surface area contributed by atoms with Gasteiger partial charge >= 0.3 is 0 Å². The van der Waals surface area contributed by atoms with Crippen molar-refractivity contribution in [2.75, 3.05) is 13.7 Å². The number of nitrogens with zero attached hydrogens (tertiary/aromatic N) is 2. The van der Waals surface area contributed by atoms with Crippen LogP contribution in [0.2, 0.25) is 20.1 Å². The molecule has 0 saturated heterocycles. The molecule has 0 aliphatic carbocycles. The number of benzene rings is 2. The molecule has 0 atom stereocenters. The molecule has 150 valence electrons. The van der Waals surface area contributed by atoms with E-state index in [4.69, 9.17) is 51.1 Å². The van der Waals surface area contributed by atoms with Gasteiger partial charge in [0.1, 0.15) is 10.6 Å². The lowest BCUT2D eigenvalue weighted by atomic mass is 10.0. The van der Waals surface area contributed by atoms with E-state index in [9.17, 15) is 8.42 Å². The van der Waals surface area contributed by atoms with Crippen LogP contribution < -0.4 is 4.74 Å². The molecule has 1 aliphatic heterocycles. The van der Waals surface area contributed by atoms with E-state index in [1.54, 1.807) is 18.2 Å². The number of sulfonamides is 1. The molecule has 0 unspecified atom stereocenters. The number of hydrogen-bond acceptors (Lipinski definition) is 4. The Morgan fingerprint density at radius 3 is 2.32 bits per heavy atom. The molecule has 2 aromatic rings. The van der Waals surface area contributed by atoms with Crippen molar-refractivity contribution in [3.8, 4) is 5.75 Å². The summed E-state index contributed by atoms with van der Waals surface area (Å²) in [7, 11) is -2.55. The highest BCUT2D eigenvalue weighted by molar-refractivity contribution is 7.89. The molecule has 0 aromatic heterocycles.